The summed E-state index contributed by atoms with van der Waals surface area (Å²) in [6.45, 7) is 10.4. The zero-order chi connectivity index (χ0) is 19.5. The van der Waals surface area contributed by atoms with Gasteiger partial charge in [-0.25, -0.2) is 0 Å². The highest BCUT2D eigenvalue weighted by Crippen LogP contribution is 2.67. The topological polar surface area (TPSA) is 60.4 Å². The molecule has 1 aromatic rings. The van der Waals surface area contributed by atoms with Gasteiger partial charge in [-0.3, -0.25) is 4.79 Å². The molecule has 2 aliphatic carbocycles. The summed E-state index contributed by atoms with van der Waals surface area (Å²) in [6.07, 6.45) is 2.03. The fourth-order valence-corrected chi connectivity index (χ4v) is 7.96. The second-order valence-corrected chi connectivity index (χ2v) is 12.9. The molecule has 2 saturated carbocycles. The van der Waals surface area contributed by atoms with Crippen LogP contribution in [-0.4, -0.2) is 17.5 Å². The normalized spacial score (nSPS) is 29.0. The van der Waals surface area contributed by atoms with Crippen molar-refractivity contribution in [3.05, 3.63) is 29.8 Å². The first-order chi connectivity index (χ1) is 11.8. The molecule has 2 aliphatic rings. The van der Waals surface area contributed by atoms with E-state index in [0.717, 1.165) is 12.0 Å². The van der Waals surface area contributed by atoms with Gasteiger partial charge in [0, 0.05) is 6.42 Å². The van der Waals surface area contributed by atoms with Crippen molar-refractivity contribution in [3.63, 3.8) is 0 Å². The number of carbonyl (C=O) groups excluding carboxylic acids is 1. The van der Waals surface area contributed by atoms with Crippen LogP contribution in [0.2, 0.25) is 0 Å². The SMILES string of the molecule is CC(C)(C)c1ccc(OS(=O)(=O)C(I)C23CCC(CC2=O)C3(C)C)cc1. The van der Waals surface area contributed by atoms with Gasteiger partial charge in [0.15, 0.2) is 3.26 Å². The van der Waals surface area contributed by atoms with Gasteiger partial charge in [-0.1, -0.05) is 69.3 Å². The molecule has 1 aromatic carbocycles. The van der Waals surface area contributed by atoms with Crippen LogP contribution in [0.25, 0.3) is 0 Å². The number of hydrogen-bond acceptors (Lipinski definition) is 4. The van der Waals surface area contributed by atoms with Crippen LogP contribution in [0.1, 0.15) is 59.4 Å². The number of benzene rings is 1. The second-order valence-electron chi connectivity index (χ2n) is 9.22. The van der Waals surface area contributed by atoms with Crippen molar-refractivity contribution in [2.45, 2.75) is 62.6 Å². The first-order valence-corrected chi connectivity index (χ1v) is 11.8. The van der Waals surface area contributed by atoms with Crippen molar-refractivity contribution in [1.82, 2.24) is 0 Å². The maximum atomic E-state index is 13.0. The highest BCUT2D eigenvalue weighted by Gasteiger charge is 2.69. The zero-order valence-electron chi connectivity index (χ0n) is 16.0. The van der Waals surface area contributed by atoms with E-state index in [9.17, 15) is 13.2 Å². The fourth-order valence-electron chi connectivity index (χ4n) is 4.68. The summed E-state index contributed by atoms with van der Waals surface area (Å²) in [5.74, 6) is 0.649. The summed E-state index contributed by atoms with van der Waals surface area (Å²) in [7, 11) is -3.93. The van der Waals surface area contributed by atoms with Crippen molar-refractivity contribution >= 4 is 38.5 Å². The number of rotatable bonds is 4. The van der Waals surface area contributed by atoms with Crippen LogP contribution in [0.4, 0.5) is 0 Å². The van der Waals surface area contributed by atoms with Crippen LogP contribution in [0.3, 0.4) is 0 Å². The minimum absolute atomic E-state index is 0.0126. The summed E-state index contributed by atoms with van der Waals surface area (Å²) in [5.41, 5.74) is -0.0655. The Balaban J connectivity index is 1.88. The number of fused-ring (bicyclic) bond motifs is 2. The Morgan fingerprint density at radius 2 is 1.77 bits per heavy atom. The van der Waals surface area contributed by atoms with E-state index >= 15 is 0 Å². The van der Waals surface area contributed by atoms with Crippen molar-refractivity contribution in [2.24, 2.45) is 16.7 Å². The monoisotopic (exact) mass is 490 g/mol. The highest BCUT2D eigenvalue weighted by atomic mass is 127. The third-order valence-corrected chi connectivity index (χ3v) is 10.8. The molecular weight excluding hydrogens is 463 g/mol. The molecule has 3 atom stereocenters. The van der Waals surface area contributed by atoms with Gasteiger partial charge in [0.05, 0.1) is 5.41 Å². The maximum Gasteiger partial charge on any atom is 0.322 e. The Morgan fingerprint density at radius 1 is 1.19 bits per heavy atom. The van der Waals surface area contributed by atoms with Gasteiger partial charge in [0.25, 0.3) is 0 Å². The number of carbonyl (C=O) groups is 1. The van der Waals surface area contributed by atoms with Gasteiger partial charge < -0.3 is 4.18 Å². The average molecular weight is 490 g/mol. The Kier molecular flexibility index (Phi) is 4.79. The molecule has 26 heavy (non-hydrogen) atoms. The second kappa shape index (κ2) is 6.19. The van der Waals surface area contributed by atoms with Crippen LogP contribution in [0, 0.1) is 16.7 Å². The largest absolute Gasteiger partial charge is 0.382 e. The molecule has 0 N–H and O–H groups in total. The summed E-state index contributed by atoms with van der Waals surface area (Å²) in [5, 5.41) is 0. The molecule has 0 aromatic heterocycles. The molecule has 3 rings (SSSR count). The fraction of sp³-hybridized carbons (Fsp3) is 0.650. The van der Waals surface area contributed by atoms with E-state index in [0.29, 0.717) is 18.6 Å². The molecule has 0 amide bonds. The molecule has 0 heterocycles. The van der Waals surface area contributed by atoms with Crippen LogP contribution < -0.4 is 4.18 Å². The van der Waals surface area contributed by atoms with Crippen LogP contribution in [0.5, 0.6) is 5.75 Å². The lowest BCUT2D eigenvalue weighted by Gasteiger charge is -2.39. The van der Waals surface area contributed by atoms with Crippen LogP contribution in [-0.2, 0) is 20.3 Å². The van der Waals surface area contributed by atoms with Crippen LogP contribution in [0.15, 0.2) is 24.3 Å². The van der Waals surface area contributed by atoms with Crippen molar-refractivity contribution in [3.8, 4) is 5.75 Å². The Hall–Kier alpha value is -0.630. The lowest BCUT2D eigenvalue weighted by Crippen LogP contribution is -2.48. The molecule has 4 nitrogen and oxygen atoms in total. The van der Waals surface area contributed by atoms with Crippen molar-refractivity contribution in [1.29, 1.82) is 0 Å². The summed E-state index contributed by atoms with van der Waals surface area (Å²) in [4.78, 5) is 12.7. The number of halogens is 1. The molecule has 0 aliphatic heterocycles. The van der Waals surface area contributed by atoms with Gasteiger partial charge in [0.2, 0.25) is 0 Å². The average Bonchev–Trinajstić information content (AvgIpc) is 2.88. The van der Waals surface area contributed by atoms with Gasteiger partial charge in [-0.15, -0.1) is 0 Å². The van der Waals surface area contributed by atoms with E-state index in [1.54, 1.807) is 12.1 Å². The maximum absolute atomic E-state index is 13.0. The predicted molar refractivity (Wildman–Crippen MR) is 111 cm³/mol. The quantitative estimate of drug-likeness (QED) is 0.344. The Labute approximate surface area is 170 Å². The minimum atomic E-state index is -3.93. The van der Waals surface area contributed by atoms with Gasteiger partial charge in [0.1, 0.15) is 11.5 Å². The molecule has 3 unspecified atom stereocenters. The van der Waals surface area contributed by atoms with Gasteiger partial charge in [-0.05, 0) is 47.3 Å². The van der Waals surface area contributed by atoms with Crippen molar-refractivity contribution < 1.29 is 17.4 Å². The first kappa shape index (κ1) is 20.1. The standard InChI is InChI=1S/C20H27IO4S/c1-18(2,3)13-6-8-15(9-7-13)25-26(23,24)17(21)20-11-10-14(12-16(20)22)19(20,4)5/h6-9,14,17H,10-12H2,1-5H3. The van der Waals surface area contributed by atoms with Crippen LogP contribution >= 0.6 is 22.6 Å². The smallest absolute Gasteiger partial charge is 0.322 e. The Bertz CT molecular complexity index is 820. The number of hydrogen-bond donors (Lipinski definition) is 0. The molecule has 2 bridgehead atoms. The zero-order valence-corrected chi connectivity index (χ0v) is 19.0. The van der Waals surface area contributed by atoms with E-state index in [1.807, 2.05) is 48.6 Å². The third kappa shape index (κ3) is 2.91. The van der Waals surface area contributed by atoms with E-state index in [2.05, 4.69) is 20.8 Å². The summed E-state index contributed by atoms with van der Waals surface area (Å²) in [6, 6.07) is 7.17. The van der Waals surface area contributed by atoms with Gasteiger partial charge >= 0.3 is 10.1 Å². The molecule has 6 heteroatoms. The summed E-state index contributed by atoms with van der Waals surface area (Å²) < 4.78 is 30.6. The molecule has 0 saturated heterocycles. The van der Waals surface area contributed by atoms with E-state index in [4.69, 9.17) is 4.18 Å². The summed E-state index contributed by atoms with van der Waals surface area (Å²) >= 11 is 1.92. The number of alkyl halides is 1. The predicted octanol–water partition coefficient (Wildman–Crippen LogP) is 4.85. The third-order valence-electron chi connectivity index (χ3n) is 6.56. The number of Topliss-reactive ketones (excluding diaryl/α,β-unsaturated/α-hetero) is 1. The van der Waals surface area contributed by atoms with E-state index in [-0.39, 0.29) is 22.5 Å². The molecule has 0 radical (unpaired) electrons. The molecule has 0 spiro atoms. The van der Waals surface area contributed by atoms with Gasteiger partial charge in [-0.2, -0.15) is 8.42 Å². The van der Waals surface area contributed by atoms with E-state index in [1.165, 1.54) is 0 Å². The lowest BCUT2D eigenvalue weighted by molar-refractivity contribution is -0.128. The van der Waals surface area contributed by atoms with Crippen molar-refractivity contribution in [2.75, 3.05) is 0 Å². The highest BCUT2D eigenvalue weighted by molar-refractivity contribution is 14.1. The first-order valence-electron chi connectivity index (χ1n) is 9.03. The minimum Gasteiger partial charge on any atom is -0.382 e. The van der Waals surface area contributed by atoms with E-state index < -0.39 is 18.8 Å². The molecular formula is C20H27IO4S. The Morgan fingerprint density at radius 3 is 2.19 bits per heavy atom. The molecule has 2 fully saturated rings. The molecule has 144 valence electrons. The lowest BCUT2D eigenvalue weighted by atomic mass is 9.70. The number of ketones is 1.